The molecule has 2 N–H and O–H groups in total. The number of benzene rings is 4. The van der Waals surface area contributed by atoms with Crippen LogP contribution in [0.15, 0.2) is 109 Å². The molecule has 194 valence electrons. The summed E-state index contributed by atoms with van der Waals surface area (Å²) >= 11 is 5.30. The number of anilines is 1. The molecule has 4 rings (SSSR count). The van der Waals surface area contributed by atoms with E-state index in [2.05, 4.69) is 22.8 Å². The van der Waals surface area contributed by atoms with Gasteiger partial charge in [-0.2, -0.15) is 0 Å². The SMILES string of the molecule is O=C(NC(=S)Nc1ccc(OCCCc2ccccc2)cc1)c1ccc(OCCOc2ccccc2)cc1. The van der Waals surface area contributed by atoms with Crippen LogP contribution < -0.4 is 24.8 Å². The molecule has 0 spiro atoms. The van der Waals surface area contributed by atoms with Crippen LogP contribution in [0.1, 0.15) is 22.3 Å². The third-order valence-electron chi connectivity index (χ3n) is 5.54. The largest absolute Gasteiger partial charge is 0.494 e. The van der Waals surface area contributed by atoms with Crippen molar-refractivity contribution >= 4 is 28.9 Å². The third-order valence-corrected chi connectivity index (χ3v) is 5.75. The summed E-state index contributed by atoms with van der Waals surface area (Å²) in [6.45, 7) is 1.46. The van der Waals surface area contributed by atoms with E-state index in [9.17, 15) is 4.79 Å². The van der Waals surface area contributed by atoms with Gasteiger partial charge in [-0.25, -0.2) is 0 Å². The fourth-order valence-corrected chi connectivity index (χ4v) is 3.83. The monoisotopic (exact) mass is 526 g/mol. The lowest BCUT2D eigenvalue weighted by Gasteiger charge is -2.11. The molecule has 0 saturated carbocycles. The van der Waals surface area contributed by atoms with E-state index in [0.29, 0.717) is 31.1 Å². The van der Waals surface area contributed by atoms with E-state index in [1.807, 2.05) is 72.8 Å². The number of carbonyl (C=O) groups excluding carboxylic acids is 1. The smallest absolute Gasteiger partial charge is 0.257 e. The van der Waals surface area contributed by atoms with E-state index in [-0.39, 0.29) is 11.0 Å². The number of hydrogen-bond donors (Lipinski definition) is 2. The van der Waals surface area contributed by atoms with Crippen molar-refractivity contribution in [2.24, 2.45) is 0 Å². The van der Waals surface area contributed by atoms with E-state index in [1.165, 1.54) is 5.56 Å². The van der Waals surface area contributed by atoms with Gasteiger partial charge < -0.3 is 19.5 Å². The predicted octanol–water partition coefficient (Wildman–Crippen LogP) is 6.28. The van der Waals surface area contributed by atoms with Gasteiger partial charge in [-0.3, -0.25) is 10.1 Å². The summed E-state index contributed by atoms with van der Waals surface area (Å²) in [4.78, 5) is 12.6. The van der Waals surface area contributed by atoms with Gasteiger partial charge in [0, 0.05) is 11.3 Å². The second-order valence-electron chi connectivity index (χ2n) is 8.40. The Labute approximate surface area is 228 Å². The van der Waals surface area contributed by atoms with Crippen LogP contribution >= 0.6 is 12.2 Å². The zero-order chi connectivity index (χ0) is 26.4. The lowest BCUT2D eigenvalue weighted by atomic mass is 10.1. The van der Waals surface area contributed by atoms with Crippen LogP contribution in [0.2, 0.25) is 0 Å². The van der Waals surface area contributed by atoms with Gasteiger partial charge >= 0.3 is 0 Å². The Balaban J connectivity index is 1.14. The molecule has 0 aliphatic carbocycles. The first-order valence-corrected chi connectivity index (χ1v) is 12.9. The maximum Gasteiger partial charge on any atom is 0.257 e. The van der Waals surface area contributed by atoms with Crippen LogP contribution in [0.4, 0.5) is 5.69 Å². The van der Waals surface area contributed by atoms with Gasteiger partial charge in [0.1, 0.15) is 30.5 Å². The minimum absolute atomic E-state index is 0.213. The number of rotatable bonds is 12. The lowest BCUT2D eigenvalue weighted by Crippen LogP contribution is -2.34. The highest BCUT2D eigenvalue weighted by atomic mass is 32.1. The number of aryl methyl sites for hydroxylation is 1. The first-order chi connectivity index (χ1) is 18.7. The van der Waals surface area contributed by atoms with Crippen LogP contribution in [-0.2, 0) is 6.42 Å². The minimum Gasteiger partial charge on any atom is -0.494 e. The Morgan fingerprint density at radius 1 is 0.632 bits per heavy atom. The van der Waals surface area contributed by atoms with Crippen molar-refractivity contribution in [3.05, 3.63) is 120 Å². The van der Waals surface area contributed by atoms with E-state index < -0.39 is 0 Å². The van der Waals surface area contributed by atoms with E-state index >= 15 is 0 Å². The van der Waals surface area contributed by atoms with Crippen LogP contribution in [0.25, 0.3) is 0 Å². The Kier molecular flexibility index (Phi) is 10.1. The van der Waals surface area contributed by atoms with Gasteiger partial charge in [0.15, 0.2) is 5.11 Å². The first kappa shape index (κ1) is 26.7. The van der Waals surface area contributed by atoms with Crippen molar-refractivity contribution < 1.29 is 19.0 Å². The molecule has 0 aliphatic heterocycles. The molecule has 7 heteroatoms. The second kappa shape index (κ2) is 14.4. The van der Waals surface area contributed by atoms with Crippen LogP contribution in [0.3, 0.4) is 0 Å². The maximum absolute atomic E-state index is 12.6. The van der Waals surface area contributed by atoms with Crippen molar-refractivity contribution in [3.8, 4) is 17.2 Å². The summed E-state index contributed by atoms with van der Waals surface area (Å²) in [5, 5.41) is 5.93. The lowest BCUT2D eigenvalue weighted by molar-refractivity contribution is 0.0977. The van der Waals surface area contributed by atoms with Gasteiger partial charge in [0.25, 0.3) is 5.91 Å². The number of ether oxygens (including phenoxy) is 3. The number of hydrogen-bond acceptors (Lipinski definition) is 5. The third kappa shape index (κ3) is 8.94. The summed E-state index contributed by atoms with van der Waals surface area (Å²) in [7, 11) is 0. The minimum atomic E-state index is -0.306. The fourth-order valence-electron chi connectivity index (χ4n) is 3.62. The Morgan fingerprint density at radius 3 is 1.79 bits per heavy atom. The van der Waals surface area contributed by atoms with Crippen molar-refractivity contribution in [3.63, 3.8) is 0 Å². The molecular formula is C31H30N2O4S. The van der Waals surface area contributed by atoms with Gasteiger partial charge in [-0.1, -0.05) is 48.5 Å². The van der Waals surface area contributed by atoms with Gasteiger partial charge in [0.05, 0.1) is 6.61 Å². The molecule has 0 aliphatic rings. The number of amides is 1. The van der Waals surface area contributed by atoms with Crippen LogP contribution in [-0.4, -0.2) is 30.8 Å². The Hall–Kier alpha value is -4.36. The quantitative estimate of drug-likeness (QED) is 0.167. The maximum atomic E-state index is 12.6. The van der Waals surface area contributed by atoms with Crippen molar-refractivity contribution in [1.82, 2.24) is 5.32 Å². The van der Waals surface area contributed by atoms with Crippen molar-refractivity contribution in [2.75, 3.05) is 25.1 Å². The van der Waals surface area contributed by atoms with Crippen molar-refractivity contribution in [1.29, 1.82) is 0 Å². The van der Waals surface area contributed by atoms with Crippen LogP contribution in [0, 0.1) is 0 Å². The van der Waals surface area contributed by atoms with E-state index in [1.54, 1.807) is 24.3 Å². The average molecular weight is 527 g/mol. The highest BCUT2D eigenvalue weighted by Crippen LogP contribution is 2.17. The summed E-state index contributed by atoms with van der Waals surface area (Å²) in [6.07, 6.45) is 1.92. The summed E-state index contributed by atoms with van der Waals surface area (Å²) < 4.78 is 17.1. The predicted molar refractivity (Wildman–Crippen MR) is 154 cm³/mol. The summed E-state index contributed by atoms with van der Waals surface area (Å²) in [5.74, 6) is 1.93. The zero-order valence-corrected chi connectivity index (χ0v) is 21.8. The highest BCUT2D eigenvalue weighted by Gasteiger charge is 2.09. The van der Waals surface area contributed by atoms with Crippen molar-refractivity contribution in [2.45, 2.75) is 12.8 Å². The molecule has 0 atom stereocenters. The van der Waals surface area contributed by atoms with Crippen LogP contribution in [0.5, 0.6) is 17.2 Å². The number of thiocarbonyl (C=S) groups is 1. The Morgan fingerprint density at radius 2 is 1.16 bits per heavy atom. The Bertz CT molecular complexity index is 1280. The molecule has 0 unspecified atom stereocenters. The normalized spacial score (nSPS) is 10.3. The molecule has 0 heterocycles. The first-order valence-electron chi connectivity index (χ1n) is 12.5. The molecule has 6 nitrogen and oxygen atoms in total. The number of carbonyl (C=O) groups is 1. The molecule has 4 aromatic carbocycles. The second-order valence-corrected chi connectivity index (χ2v) is 8.81. The molecule has 0 aromatic heterocycles. The molecule has 1 amide bonds. The summed E-state index contributed by atoms with van der Waals surface area (Å²) in [6, 6.07) is 34.3. The highest BCUT2D eigenvalue weighted by molar-refractivity contribution is 7.80. The number of nitrogens with one attached hydrogen (secondary N) is 2. The zero-order valence-electron chi connectivity index (χ0n) is 21.0. The topological polar surface area (TPSA) is 68.8 Å². The van der Waals surface area contributed by atoms with Gasteiger partial charge in [-0.05, 0) is 91.3 Å². The van der Waals surface area contributed by atoms with E-state index in [4.69, 9.17) is 26.4 Å². The van der Waals surface area contributed by atoms with Gasteiger partial charge in [0.2, 0.25) is 0 Å². The molecular weight excluding hydrogens is 496 g/mol. The standard InChI is InChI=1S/C31H30N2O4S/c34-30(25-13-17-28(18-14-25)37-23-22-36-27-11-5-2-6-12-27)33-31(38)32-26-15-19-29(20-16-26)35-21-7-10-24-8-3-1-4-9-24/h1-6,8-9,11-20H,7,10,21-23H2,(H2,32,33,34,38). The molecule has 0 saturated heterocycles. The molecule has 0 bridgehead atoms. The fraction of sp³-hybridized carbons (Fsp3) is 0.161. The molecule has 4 aromatic rings. The molecule has 0 radical (unpaired) electrons. The van der Waals surface area contributed by atoms with E-state index in [0.717, 1.165) is 30.0 Å². The molecule has 0 fully saturated rings. The van der Waals surface area contributed by atoms with Gasteiger partial charge in [-0.15, -0.1) is 0 Å². The number of para-hydroxylation sites is 1. The molecule has 38 heavy (non-hydrogen) atoms. The average Bonchev–Trinajstić information content (AvgIpc) is 2.96. The summed E-state index contributed by atoms with van der Waals surface area (Å²) in [5.41, 5.74) is 2.54.